The van der Waals surface area contributed by atoms with Gasteiger partial charge in [0, 0.05) is 49.2 Å². The molecule has 4 aromatic rings. The van der Waals surface area contributed by atoms with Gasteiger partial charge in [0.15, 0.2) is 0 Å². The van der Waals surface area contributed by atoms with Crippen molar-refractivity contribution < 1.29 is 53.8 Å². The van der Waals surface area contributed by atoms with Gasteiger partial charge in [-0.15, -0.1) is 0 Å². The SMILES string of the molecule is O=C(COCC(=O)N1CCN(C(c2ccccc2)c2ccccc2)CC1)Nc1ccc(-c2cn[nH]c2)cc1C(=O)[O-].[Na+]. The van der Waals surface area contributed by atoms with Crippen LogP contribution in [0.4, 0.5) is 5.69 Å². The van der Waals surface area contributed by atoms with Crippen molar-refractivity contribution in [3.63, 3.8) is 0 Å². The van der Waals surface area contributed by atoms with Gasteiger partial charge in [0.1, 0.15) is 13.2 Å². The molecule has 5 rings (SSSR count). The van der Waals surface area contributed by atoms with E-state index in [1.54, 1.807) is 23.4 Å². The van der Waals surface area contributed by atoms with E-state index in [0.717, 1.165) is 0 Å². The number of amides is 2. The van der Waals surface area contributed by atoms with E-state index in [-0.39, 0.29) is 59.4 Å². The normalized spacial score (nSPS) is 13.4. The van der Waals surface area contributed by atoms with Gasteiger partial charge in [-0.05, 0) is 28.8 Å². The number of carboxylic acids is 1. The summed E-state index contributed by atoms with van der Waals surface area (Å²) in [6.45, 7) is 1.83. The van der Waals surface area contributed by atoms with Crippen LogP contribution in [0.3, 0.4) is 0 Å². The van der Waals surface area contributed by atoms with Crippen LogP contribution in [0.5, 0.6) is 0 Å². The van der Waals surface area contributed by atoms with Crippen LogP contribution in [0.25, 0.3) is 11.1 Å². The number of hydrogen-bond acceptors (Lipinski definition) is 7. The third kappa shape index (κ3) is 7.72. The van der Waals surface area contributed by atoms with E-state index in [4.69, 9.17) is 4.74 Å². The zero-order chi connectivity index (χ0) is 28.6. The van der Waals surface area contributed by atoms with Gasteiger partial charge in [0.05, 0.1) is 18.2 Å². The molecule has 0 saturated carbocycles. The Morgan fingerprint density at radius 3 is 2.10 bits per heavy atom. The van der Waals surface area contributed by atoms with Crippen LogP contribution in [0.2, 0.25) is 0 Å². The number of nitrogens with one attached hydrogen (secondary N) is 2. The molecule has 2 amide bonds. The Bertz CT molecular complexity index is 1440. The van der Waals surface area contributed by atoms with E-state index >= 15 is 0 Å². The Morgan fingerprint density at radius 2 is 1.52 bits per heavy atom. The summed E-state index contributed by atoms with van der Waals surface area (Å²) in [6, 6.07) is 25.3. The summed E-state index contributed by atoms with van der Waals surface area (Å²) >= 11 is 0. The molecule has 0 bridgehead atoms. The third-order valence-corrected chi connectivity index (χ3v) is 7.07. The number of aromatic amines is 1. The fraction of sp³-hybridized carbons (Fsp3) is 0.226. The zero-order valence-electron chi connectivity index (χ0n) is 23.4. The molecule has 1 aromatic heterocycles. The second-order valence-electron chi connectivity index (χ2n) is 9.72. The minimum atomic E-state index is -1.43. The molecule has 1 aliphatic heterocycles. The van der Waals surface area contributed by atoms with Crippen molar-refractivity contribution in [2.45, 2.75) is 6.04 Å². The number of rotatable bonds is 10. The number of aromatic carboxylic acids is 1. The summed E-state index contributed by atoms with van der Waals surface area (Å²) in [5.74, 6) is -2.20. The fourth-order valence-electron chi connectivity index (χ4n) is 5.03. The molecule has 10 nitrogen and oxygen atoms in total. The molecule has 1 fully saturated rings. The van der Waals surface area contributed by atoms with Gasteiger partial charge < -0.3 is 24.9 Å². The number of anilines is 1. The Kier molecular flexibility index (Phi) is 11.0. The molecule has 2 heterocycles. The van der Waals surface area contributed by atoms with Crippen LogP contribution in [0.1, 0.15) is 27.5 Å². The molecule has 42 heavy (non-hydrogen) atoms. The van der Waals surface area contributed by atoms with Crippen molar-refractivity contribution in [2.24, 2.45) is 0 Å². The minimum absolute atomic E-state index is 0. The van der Waals surface area contributed by atoms with Gasteiger partial charge in [0.25, 0.3) is 0 Å². The maximum atomic E-state index is 12.8. The molecular formula is C31H30N5NaO5. The summed E-state index contributed by atoms with van der Waals surface area (Å²) in [5.41, 5.74) is 3.62. The summed E-state index contributed by atoms with van der Waals surface area (Å²) in [7, 11) is 0. The topological polar surface area (TPSA) is 131 Å². The molecule has 0 atom stereocenters. The number of nitrogens with zero attached hydrogens (tertiary/aromatic N) is 3. The van der Waals surface area contributed by atoms with Gasteiger partial charge in [-0.25, -0.2) is 0 Å². The maximum absolute atomic E-state index is 12.8. The summed E-state index contributed by atoms with van der Waals surface area (Å²) in [6.07, 6.45) is 3.19. The predicted octanol–water partition coefficient (Wildman–Crippen LogP) is -0.667. The van der Waals surface area contributed by atoms with Crippen LogP contribution >= 0.6 is 0 Å². The Hall–Kier alpha value is -3.80. The van der Waals surface area contributed by atoms with E-state index in [1.165, 1.54) is 23.3 Å². The standard InChI is InChI=1S/C31H31N5O5.Na/c37-28(34-27-12-11-24(17-26(27)31(39)40)25-18-32-33-19-25)20-41-21-29(38)35-13-15-36(16-14-35)30(22-7-3-1-4-8-22)23-9-5-2-6-10-23;/h1-12,17-19,30H,13-16,20-21H2,(H,32,33)(H,34,37)(H,39,40);/q;+1/p-1. The number of benzene rings is 3. The second-order valence-corrected chi connectivity index (χ2v) is 9.72. The molecule has 1 aliphatic rings. The number of carbonyl (C=O) groups excluding carboxylic acids is 3. The third-order valence-electron chi connectivity index (χ3n) is 7.07. The van der Waals surface area contributed by atoms with Crippen LogP contribution in [0.15, 0.2) is 91.3 Å². The molecule has 0 radical (unpaired) electrons. The van der Waals surface area contributed by atoms with E-state index in [2.05, 4.69) is 44.7 Å². The van der Waals surface area contributed by atoms with Crippen LogP contribution < -0.4 is 40.0 Å². The first-order chi connectivity index (χ1) is 20.0. The zero-order valence-corrected chi connectivity index (χ0v) is 25.4. The first-order valence-corrected chi connectivity index (χ1v) is 13.3. The number of piperazine rings is 1. The molecular weight excluding hydrogens is 545 g/mol. The largest absolute Gasteiger partial charge is 1.00 e. The van der Waals surface area contributed by atoms with E-state index < -0.39 is 18.5 Å². The van der Waals surface area contributed by atoms with Crippen molar-refractivity contribution in [3.05, 3.63) is 108 Å². The molecule has 0 spiro atoms. The Labute approximate surface area is 266 Å². The van der Waals surface area contributed by atoms with Crippen LogP contribution in [0, 0.1) is 0 Å². The van der Waals surface area contributed by atoms with E-state index in [0.29, 0.717) is 37.3 Å². The predicted molar refractivity (Wildman–Crippen MR) is 151 cm³/mol. The van der Waals surface area contributed by atoms with Gasteiger partial charge >= 0.3 is 29.6 Å². The molecule has 3 aromatic carbocycles. The molecule has 210 valence electrons. The quantitative estimate of drug-likeness (QED) is 0.240. The van der Waals surface area contributed by atoms with Crippen LogP contribution in [-0.4, -0.2) is 77.2 Å². The second kappa shape index (κ2) is 14.9. The van der Waals surface area contributed by atoms with Crippen molar-refractivity contribution in [1.29, 1.82) is 0 Å². The smallest absolute Gasteiger partial charge is 0.545 e. The number of ether oxygens (including phenoxy) is 1. The molecule has 0 aliphatic carbocycles. The monoisotopic (exact) mass is 575 g/mol. The van der Waals surface area contributed by atoms with E-state index in [1.807, 2.05) is 36.4 Å². The molecule has 11 heteroatoms. The number of aromatic nitrogens is 2. The first kappa shape index (κ1) is 31.1. The van der Waals surface area contributed by atoms with Gasteiger partial charge in [0.2, 0.25) is 11.8 Å². The molecule has 0 unspecified atom stereocenters. The molecule has 2 N–H and O–H groups in total. The Balaban J connectivity index is 0.00000405. The first-order valence-electron chi connectivity index (χ1n) is 13.3. The average molecular weight is 576 g/mol. The number of carbonyl (C=O) groups is 3. The van der Waals surface area contributed by atoms with Crippen molar-refractivity contribution in [3.8, 4) is 11.1 Å². The van der Waals surface area contributed by atoms with Gasteiger partial charge in [-0.3, -0.25) is 19.6 Å². The van der Waals surface area contributed by atoms with Gasteiger partial charge in [-0.2, -0.15) is 5.10 Å². The number of hydrogen-bond donors (Lipinski definition) is 2. The van der Waals surface area contributed by atoms with Gasteiger partial charge in [-0.1, -0.05) is 66.7 Å². The van der Waals surface area contributed by atoms with Crippen molar-refractivity contribution >= 4 is 23.5 Å². The molecule has 1 saturated heterocycles. The number of H-pyrrole nitrogens is 1. The van der Waals surface area contributed by atoms with Crippen molar-refractivity contribution in [1.82, 2.24) is 20.0 Å². The summed E-state index contributed by atoms with van der Waals surface area (Å²) < 4.78 is 5.39. The maximum Gasteiger partial charge on any atom is 1.00 e. The van der Waals surface area contributed by atoms with Crippen molar-refractivity contribution in [2.75, 3.05) is 44.7 Å². The van der Waals surface area contributed by atoms with E-state index in [9.17, 15) is 19.5 Å². The minimum Gasteiger partial charge on any atom is -0.545 e. The number of carboxylic acid groups (broad SMARTS) is 1. The average Bonchev–Trinajstić information content (AvgIpc) is 3.54. The Morgan fingerprint density at radius 1 is 0.881 bits per heavy atom. The summed E-state index contributed by atoms with van der Waals surface area (Å²) in [4.78, 5) is 41.0. The summed E-state index contributed by atoms with van der Waals surface area (Å²) in [5, 5.41) is 20.7. The fourth-order valence-corrected chi connectivity index (χ4v) is 5.03. The van der Waals surface area contributed by atoms with Crippen LogP contribution in [-0.2, 0) is 14.3 Å².